The van der Waals surface area contributed by atoms with Gasteiger partial charge in [0.1, 0.15) is 0 Å². The maximum Gasteiger partial charge on any atom is 0.256 e. The van der Waals surface area contributed by atoms with Crippen molar-refractivity contribution < 1.29 is 4.79 Å². The third kappa shape index (κ3) is 5.28. The highest BCUT2D eigenvalue weighted by Crippen LogP contribution is 2.28. The summed E-state index contributed by atoms with van der Waals surface area (Å²) in [6.45, 7) is 2.00. The molecule has 0 saturated heterocycles. The number of nitrogens with zero attached hydrogens (tertiary/aromatic N) is 1. The quantitative estimate of drug-likeness (QED) is 0.318. The number of aromatic nitrogens is 1. The van der Waals surface area contributed by atoms with Crippen molar-refractivity contribution in [3.63, 3.8) is 0 Å². The van der Waals surface area contributed by atoms with Crippen LogP contribution in [0.5, 0.6) is 0 Å². The Bertz CT molecular complexity index is 1120. The lowest BCUT2D eigenvalue weighted by Gasteiger charge is -2.11. The van der Waals surface area contributed by atoms with Gasteiger partial charge in [-0.05, 0) is 55.5 Å². The summed E-state index contributed by atoms with van der Waals surface area (Å²) < 4.78 is 0. The first kappa shape index (κ1) is 20.2. The summed E-state index contributed by atoms with van der Waals surface area (Å²) in [4.78, 5) is 18.3. The zero-order valence-electron chi connectivity index (χ0n) is 16.5. The van der Waals surface area contributed by atoms with Gasteiger partial charge in [0.25, 0.3) is 5.91 Å². The van der Waals surface area contributed by atoms with Crippen LogP contribution in [0.1, 0.15) is 21.1 Å². The molecule has 6 heteroatoms. The minimum Gasteiger partial charge on any atom is -0.356 e. The number of hydrogen-bond acceptors (Lipinski definition) is 5. The van der Waals surface area contributed by atoms with Gasteiger partial charge in [-0.2, -0.15) is 0 Å². The average molecular weight is 432 g/mol. The van der Waals surface area contributed by atoms with E-state index in [-0.39, 0.29) is 5.91 Å². The van der Waals surface area contributed by atoms with E-state index in [1.165, 1.54) is 0 Å². The minimum atomic E-state index is -0.115. The van der Waals surface area contributed by atoms with Crippen molar-refractivity contribution in [3.8, 4) is 0 Å². The number of anilines is 3. The van der Waals surface area contributed by atoms with Crippen LogP contribution in [-0.4, -0.2) is 10.9 Å². The molecular weight excluding hydrogens is 410 g/mol. The largest absolute Gasteiger partial charge is 0.356 e. The molecule has 30 heavy (non-hydrogen) atoms. The Balaban J connectivity index is 1.41. The fourth-order valence-corrected chi connectivity index (χ4v) is 4.59. The molecule has 4 rings (SSSR count). The second-order valence-corrected chi connectivity index (χ2v) is 8.74. The van der Waals surface area contributed by atoms with Crippen molar-refractivity contribution in [1.29, 1.82) is 0 Å². The molecule has 0 saturated carbocycles. The number of hydrogen-bond donors (Lipinski definition) is 2. The standard InChI is InChI=1S/C24H21N3OS2/c1-17-25-21(15-29-17)16-30-23-10-6-5-9-22(23)24(28)27-20-13-11-19(12-14-20)26-18-7-3-2-4-8-18/h2-15,26H,16H2,1H3,(H,27,28). The molecule has 3 aromatic carbocycles. The molecule has 0 spiro atoms. The molecule has 1 heterocycles. The zero-order chi connectivity index (χ0) is 20.8. The molecule has 0 aliphatic heterocycles. The Morgan fingerprint density at radius 2 is 1.57 bits per heavy atom. The molecule has 0 unspecified atom stereocenters. The summed E-state index contributed by atoms with van der Waals surface area (Å²) in [6, 6.07) is 25.4. The summed E-state index contributed by atoms with van der Waals surface area (Å²) >= 11 is 3.27. The van der Waals surface area contributed by atoms with E-state index in [9.17, 15) is 4.79 Å². The van der Waals surface area contributed by atoms with E-state index in [4.69, 9.17) is 0 Å². The molecule has 0 aliphatic rings. The lowest BCUT2D eigenvalue weighted by atomic mass is 10.2. The van der Waals surface area contributed by atoms with Crippen molar-refractivity contribution in [2.24, 2.45) is 0 Å². The Morgan fingerprint density at radius 1 is 0.900 bits per heavy atom. The lowest BCUT2D eigenvalue weighted by molar-refractivity contribution is 0.102. The molecule has 4 nitrogen and oxygen atoms in total. The summed E-state index contributed by atoms with van der Waals surface area (Å²) in [5, 5.41) is 9.46. The van der Waals surface area contributed by atoms with Crippen LogP contribution in [0.15, 0.2) is 89.1 Å². The van der Waals surface area contributed by atoms with Gasteiger partial charge in [0, 0.05) is 33.1 Å². The van der Waals surface area contributed by atoms with Crippen molar-refractivity contribution >= 4 is 46.1 Å². The van der Waals surface area contributed by atoms with Crippen LogP contribution < -0.4 is 10.6 Å². The molecule has 1 aromatic heterocycles. The first-order valence-electron chi connectivity index (χ1n) is 9.54. The molecule has 150 valence electrons. The van der Waals surface area contributed by atoms with Crippen LogP contribution in [0, 0.1) is 6.92 Å². The number of carbonyl (C=O) groups excluding carboxylic acids is 1. The highest BCUT2D eigenvalue weighted by Gasteiger charge is 2.12. The Kier molecular flexibility index (Phi) is 6.47. The van der Waals surface area contributed by atoms with E-state index in [1.807, 2.05) is 85.8 Å². The highest BCUT2D eigenvalue weighted by molar-refractivity contribution is 7.98. The predicted molar refractivity (Wildman–Crippen MR) is 127 cm³/mol. The number of benzene rings is 3. The van der Waals surface area contributed by atoms with E-state index in [0.29, 0.717) is 5.56 Å². The van der Waals surface area contributed by atoms with Crippen molar-refractivity contribution in [1.82, 2.24) is 4.98 Å². The van der Waals surface area contributed by atoms with E-state index in [0.717, 1.165) is 38.4 Å². The molecule has 0 atom stereocenters. The third-order valence-electron chi connectivity index (χ3n) is 4.38. The van der Waals surface area contributed by atoms with Gasteiger partial charge in [-0.3, -0.25) is 4.79 Å². The Labute approximate surface area is 184 Å². The van der Waals surface area contributed by atoms with Gasteiger partial charge in [-0.15, -0.1) is 23.1 Å². The van der Waals surface area contributed by atoms with Crippen LogP contribution in [0.4, 0.5) is 17.1 Å². The predicted octanol–water partition coefficient (Wildman–Crippen LogP) is 6.74. The van der Waals surface area contributed by atoms with Crippen molar-refractivity contribution in [2.75, 3.05) is 10.6 Å². The third-order valence-corrected chi connectivity index (χ3v) is 6.31. The van der Waals surface area contributed by atoms with Gasteiger partial charge in [0.15, 0.2) is 0 Å². The van der Waals surface area contributed by atoms with Gasteiger partial charge in [0.2, 0.25) is 0 Å². The summed E-state index contributed by atoms with van der Waals surface area (Å²) in [5.41, 5.74) is 4.46. The van der Waals surface area contributed by atoms with Gasteiger partial charge < -0.3 is 10.6 Å². The highest BCUT2D eigenvalue weighted by atomic mass is 32.2. The van der Waals surface area contributed by atoms with Crippen LogP contribution in [-0.2, 0) is 5.75 Å². The fourth-order valence-electron chi connectivity index (χ4n) is 2.93. The number of amides is 1. The first-order valence-corrected chi connectivity index (χ1v) is 11.4. The second-order valence-electron chi connectivity index (χ2n) is 6.67. The maximum atomic E-state index is 12.9. The van der Waals surface area contributed by atoms with Crippen molar-refractivity contribution in [3.05, 3.63) is 101 Å². The maximum absolute atomic E-state index is 12.9. The zero-order valence-corrected chi connectivity index (χ0v) is 18.1. The Hall–Kier alpha value is -3.09. The van der Waals surface area contributed by atoms with E-state index >= 15 is 0 Å². The SMILES string of the molecule is Cc1nc(CSc2ccccc2C(=O)Nc2ccc(Nc3ccccc3)cc2)cs1. The smallest absolute Gasteiger partial charge is 0.256 e. The van der Waals surface area contributed by atoms with Gasteiger partial charge in [-0.25, -0.2) is 4.98 Å². The molecule has 0 radical (unpaired) electrons. The number of aryl methyl sites for hydroxylation is 1. The summed E-state index contributed by atoms with van der Waals surface area (Å²) in [6.07, 6.45) is 0. The molecule has 0 aliphatic carbocycles. The number of thioether (sulfide) groups is 1. The van der Waals surface area contributed by atoms with Crippen LogP contribution in [0.25, 0.3) is 0 Å². The van der Waals surface area contributed by atoms with Gasteiger partial charge in [0.05, 0.1) is 16.3 Å². The normalized spacial score (nSPS) is 10.6. The molecule has 0 bridgehead atoms. The van der Waals surface area contributed by atoms with Crippen molar-refractivity contribution in [2.45, 2.75) is 17.6 Å². The minimum absolute atomic E-state index is 0.115. The number of thiazole rings is 1. The van der Waals surface area contributed by atoms with Gasteiger partial charge in [-0.1, -0.05) is 30.3 Å². The number of carbonyl (C=O) groups is 1. The summed E-state index contributed by atoms with van der Waals surface area (Å²) in [5.74, 6) is 0.630. The first-order chi connectivity index (χ1) is 14.7. The van der Waals surface area contributed by atoms with Crippen LogP contribution in [0.3, 0.4) is 0 Å². The van der Waals surface area contributed by atoms with E-state index < -0.39 is 0 Å². The molecule has 0 fully saturated rings. The molecule has 4 aromatic rings. The molecular formula is C24H21N3OS2. The molecule has 2 N–H and O–H groups in total. The van der Waals surface area contributed by atoms with Crippen LogP contribution >= 0.6 is 23.1 Å². The second kappa shape index (κ2) is 9.61. The molecule has 1 amide bonds. The summed E-state index contributed by atoms with van der Waals surface area (Å²) in [7, 11) is 0. The Morgan fingerprint density at radius 3 is 2.30 bits per heavy atom. The van der Waals surface area contributed by atoms with E-state index in [2.05, 4.69) is 21.0 Å². The number of rotatable bonds is 7. The average Bonchev–Trinajstić information content (AvgIpc) is 3.20. The fraction of sp³-hybridized carbons (Fsp3) is 0.0833. The topological polar surface area (TPSA) is 54.0 Å². The number of nitrogens with one attached hydrogen (secondary N) is 2. The van der Waals surface area contributed by atoms with Gasteiger partial charge >= 0.3 is 0 Å². The van der Waals surface area contributed by atoms with Crippen LogP contribution in [0.2, 0.25) is 0 Å². The lowest BCUT2D eigenvalue weighted by Crippen LogP contribution is -2.13. The number of para-hydroxylation sites is 1. The van der Waals surface area contributed by atoms with E-state index in [1.54, 1.807) is 23.1 Å². The monoisotopic (exact) mass is 431 g/mol.